The quantitative estimate of drug-likeness (QED) is 0.913. The summed E-state index contributed by atoms with van der Waals surface area (Å²) in [6.07, 6.45) is 3.59. The van der Waals surface area contributed by atoms with Crippen LogP contribution in [0.25, 0.3) is 0 Å². The molecule has 20 heavy (non-hydrogen) atoms. The lowest BCUT2D eigenvalue weighted by molar-refractivity contribution is -0.150. The summed E-state index contributed by atoms with van der Waals surface area (Å²) < 4.78 is 0. The zero-order valence-corrected chi connectivity index (χ0v) is 12.6. The molecule has 1 N–H and O–H groups in total. The Hall–Kier alpha value is -0.980. The van der Waals surface area contributed by atoms with Gasteiger partial charge in [0, 0.05) is 37.1 Å². The van der Waals surface area contributed by atoms with Crippen LogP contribution in [0, 0.1) is 11.3 Å². The van der Waals surface area contributed by atoms with Crippen LogP contribution < -0.4 is 0 Å². The fourth-order valence-corrected chi connectivity index (χ4v) is 4.44. The van der Waals surface area contributed by atoms with Gasteiger partial charge in [-0.3, -0.25) is 9.69 Å². The van der Waals surface area contributed by atoms with Crippen molar-refractivity contribution in [3.63, 3.8) is 0 Å². The minimum atomic E-state index is -0.608. The van der Waals surface area contributed by atoms with Crippen molar-refractivity contribution >= 4 is 17.3 Å². The van der Waals surface area contributed by atoms with Gasteiger partial charge in [0.25, 0.3) is 0 Å². The van der Waals surface area contributed by atoms with Gasteiger partial charge in [0.05, 0.1) is 12.0 Å². The van der Waals surface area contributed by atoms with E-state index in [1.165, 1.54) is 0 Å². The smallest absolute Gasteiger partial charge is 0.311 e. The molecule has 2 saturated heterocycles. The van der Waals surface area contributed by atoms with Gasteiger partial charge in [-0.25, -0.2) is 4.98 Å². The summed E-state index contributed by atoms with van der Waals surface area (Å²) in [5.41, 5.74) is -0.535. The summed E-state index contributed by atoms with van der Waals surface area (Å²) >= 11 is 1.68. The van der Waals surface area contributed by atoms with E-state index in [1.54, 1.807) is 11.3 Å². The van der Waals surface area contributed by atoms with Crippen molar-refractivity contribution in [2.45, 2.75) is 19.4 Å². The Morgan fingerprint density at radius 2 is 2.45 bits per heavy atom. The summed E-state index contributed by atoms with van der Waals surface area (Å²) in [4.78, 5) is 20.7. The lowest BCUT2D eigenvalue weighted by Gasteiger charge is -2.29. The fourth-order valence-electron chi connectivity index (χ4n) is 3.78. The van der Waals surface area contributed by atoms with Gasteiger partial charge in [-0.2, -0.15) is 0 Å². The van der Waals surface area contributed by atoms with E-state index in [2.05, 4.69) is 14.8 Å². The number of hydrogen-bond donors (Lipinski definition) is 1. The molecule has 3 heterocycles. The van der Waals surface area contributed by atoms with Crippen molar-refractivity contribution < 1.29 is 9.90 Å². The van der Waals surface area contributed by atoms with Gasteiger partial charge >= 0.3 is 5.97 Å². The molecule has 0 radical (unpaired) electrons. The van der Waals surface area contributed by atoms with E-state index in [-0.39, 0.29) is 5.92 Å². The second-order valence-electron chi connectivity index (χ2n) is 6.12. The third kappa shape index (κ3) is 2.47. The van der Waals surface area contributed by atoms with Crippen LogP contribution in [0.3, 0.4) is 0 Å². The molecule has 0 amide bonds. The van der Waals surface area contributed by atoms with E-state index in [4.69, 9.17) is 0 Å². The third-order valence-corrected chi connectivity index (χ3v) is 5.47. The number of fused-ring (bicyclic) bond motifs is 1. The van der Waals surface area contributed by atoms with Gasteiger partial charge in [0.2, 0.25) is 0 Å². The number of aliphatic carboxylic acids is 1. The van der Waals surface area contributed by atoms with Gasteiger partial charge in [-0.05, 0) is 26.4 Å². The average Bonchev–Trinajstić information content (AvgIpc) is 2.95. The molecule has 3 rings (SSSR count). The molecule has 0 spiro atoms. The van der Waals surface area contributed by atoms with Crippen molar-refractivity contribution in [2.24, 2.45) is 11.3 Å². The molecule has 0 bridgehead atoms. The standard InChI is InChI=1S/C14H21N3O2S/c1-16-7-11-8-17(9-12-15-4-6-20-12)5-2-3-14(11,10-16)13(18)19/h4,6,11H,2-3,5,7-10H2,1H3,(H,18,19)/t11-,14+/m0/s1. The van der Waals surface area contributed by atoms with E-state index < -0.39 is 11.4 Å². The van der Waals surface area contributed by atoms with Crippen LogP contribution in [0.1, 0.15) is 17.8 Å². The Morgan fingerprint density at radius 1 is 1.60 bits per heavy atom. The van der Waals surface area contributed by atoms with Gasteiger partial charge < -0.3 is 10.0 Å². The molecule has 1 aromatic heterocycles. The number of carbonyl (C=O) groups is 1. The highest BCUT2D eigenvalue weighted by Crippen LogP contribution is 2.42. The largest absolute Gasteiger partial charge is 0.481 e. The van der Waals surface area contributed by atoms with Crippen LogP contribution in [0.2, 0.25) is 0 Å². The molecule has 110 valence electrons. The van der Waals surface area contributed by atoms with Crippen molar-refractivity contribution in [1.82, 2.24) is 14.8 Å². The Morgan fingerprint density at radius 3 is 3.15 bits per heavy atom. The van der Waals surface area contributed by atoms with Crippen molar-refractivity contribution in [3.8, 4) is 0 Å². The van der Waals surface area contributed by atoms with Crippen molar-refractivity contribution in [2.75, 3.05) is 33.2 Å². The van der Waals surface area contributed by atoms with Gasteiger partial charge in [0.15, 0.2) is 0 Å². The third-order valence-electron chi connectivity index (χ3n) is 4.71. The first kappa shape index (κ1) is 14.0. The second-order valence-corrected chi connectivity index (χ2v) is 7.10. The van der Waals surface area contributed by atoms with Gasteiger partial charge in [0.1, 0.15) is 5.01 Å². The number of carboxylic acids is 1. The normalized spacial score (nSPS) is 31.9. The molecule has 5 nitrogen and oxygen atoms in total. The zero-order chi connectivity index (χ0) is 14.2. The van der Waals surface area contributed by atoms with E-state index in [1.807, 2.05) is 18.6 Å². The molecular weight excluding hydrogens is 274 g/mol. The Labute approximate surface area is 123 Å². The van der Waals surface area contributed by atoms with Crippen LogP contribution in [0.5, 0.6) is 0 Å². The minimum Gasteiger partial charge on any atom is -0.481 e. The number of nitrogens with zero attached hydrogens (tertiary/aromatic N) is 3. The SMILES string of the molecule is CN1C[C@H]2CN(Cc3nccs3)CCC[C@@]2(C(=O)O)C1. The first-order valence-corrected chi connectivity index (χ1v) is 8.01. The molecular formula is C14H21N3O2S. The fraction of sp³-hybridized carbons (Fsp3) is 0.714. The molecule has 6 heteroatoms. The number of thiazole rings is 1. The van der Waals surface area contributed by atoms with E-state index in [0.717, 1.165) is 44.0 Å². The minimum absolute atomic E-state index is 0.229. The first-order valence-electron chi connectivity index (χ1n) is 7.13. The second kappa shape index (κ2) is 5.42. The maximum atomic E-state index is 11.8. The van der Waals surface area contributed by atoms with Crippen LogP contribution in [-0.2, 0) is 11.3 Å². The van der Waals surface area contributed by atoms with Gasteiger partial charge in [-0.1, -0.05) is 0 Å². The molecule has 2 aliphatic rings. The van der Waals surface area contributed by atoms with Crippen LogP contribution in [0.15, 0.2) is 11.6 Å². The van der Waals surface area contributed by atoms with Crippen molar-refractivity contribution in [3.05, 3.63) is 16.6 Å². The monoisotopic (exact) mass is 295 g/mol. The lowest BCUT2D eigenvalue weighted by atomic mass is 9.75. The number of likely N-dealkylation sites (tertiary alicyclic amines) is 2. The summed E-state index contributed by atoms with van der Waals surface area (Å²) in [5, 5.41) is 12.9. The maximum Gasteiger partial charge on any atom is 0.311 e. The summed E-state index contributed by atoms with van der Waals surface area (Å²) in [6.45, 7) is 4.29. The molecule has 0 aromatic carbocycles. The Balaban J connectivity index is 1.76. The molecule has 0 aliphatic carbocycles. The lowest BCUT2D eigenvalue weighted by Crippen LogP contribution is -2.41. The molecule has 1 aromatic rings. The highest BCUT2D eigenvalue weighted by Gasteiger charge is 2.52. The molecule has 0 unspecified atom stereocenters. The summed E-state index contributed by atoms with van der Waals surface area (Å²) in [5.74, 6) is -0.379. The van der Waals surface area contributed by atoms with Crippen LogP contribution in [-0.4, -0.2) is 59.1 Å². The van der Waals surface area contributed by atoms with Crippen LogP contribution >= 0.6 is 11.3 Å². The zero-order valence-electron chi connectivity index (χ0n) is 11.8. The molecule has 2 atom stereocenters. The average molecular weight is 295 g/mol. The predicted octanol–water partition coefficient (Wildman–Crippen LogP) is 1.37. The topological polar surface area (TPSA) is 56.7 Å². The number of hydrogen-bond acceptors (Lipinski definition) is 5. The van der Waals surface area contributed by atoms with Crippen molar-refractivity contribution in [1.29, 1.82) is 0 Å². The van der Waals surface area contributed by atoms with E-state index in [9.17, 15) is 9.90 Å². The molecule has 2 aliphatic heterocycles. The Kier molecular flexibility index (Phi) is 3.79. The van der Waals surface area contributed by atoms with Crippen LogP contribution in [0.4, 0.5) is 0 Å². The van der Waals surface area contributed by atoms with Gasteiger partial charge in [-0.15, -0.1) is 11.3 Å². The molecule has 0 saturated carbocycles. The predicted molar refractivity (Wildman–Crippen MR) is 77.7 cm³/mol. The van der Waals surface area contributed by atoms with E-state index >= 15 is 0 Å². The number of aromatic nitrogens is 1. The number of carboxylic acid groups (broad SMARTS) is 1. The first-order chi connectivity index (χ1) is 9.60. The Bertz CT molecular complexity index is 479. The molecule has 2 fully saturated rings. The maximum absolute atomic E-state index is 11.8. The van der Waals surface area contributed by atoms with E-state index in [0.29, 0.717) is 6.54 Å². The number of rotatable bonds is 3. The highest BCUT2D eigenvalue weighted by molar-refractivity contribution is 7.09. The summed E-state index contributed by atoms with van der Waals surface area (Å²) in [6, 6.07) is 0. The summed E-state index contributed by atoms with van der Waals surface area (Å²) in [7, 11) is 2.03. The highest BCUT2D eigenvalue weighted by atomic mass is 32.1.